The molecule has 3 amide bonds. The Morgan fingerprint density at radius 2 is 1.57 bits per heavy atom. The normalized spacial score (nSPS) is 24.3. The van der Waals surface area contributed by atoms with Crippen LogP contribution in [0.15, 0.2) is 112 Å². The van der Waals surface area contributed by atoms with Gasteiger partial charge in [-0.05, 0) is 67.3 Å². The molecule has 4 aromatic rings. The zero-order valence-corrected chi connectivity index (χ0v) is 26.3. The highest BCUT2D eigenvalue weighted by Gasteiger charge is 2.56. The Morgan fingerprint density at radius 1 is 0.851 bits per heavy atom. The van der Waals surface area contributed by atoms with Crippen LogP contribution in [0.3, 0.4) is 0 Å². The van der Waals surface area contributed by atoms with Gasteiger partial charge in [0, 0.05) is 11.3 Å². The number of amides is 3. The third-order valence-corrected chi connectivity index (χ3v) is 9.76. The zero-order chi connectivity index (χ0) is 32.2. The first-order chi connectivity index (χ1) is 22.9. The zero-order valence-electron chi connectivity index (χ0n) is 26.3. The lowest BCUT2D eigenvalue weighted by Crippen LogP contribution is -2.45. The van der Waals surface area contributed by atoms with Gasteiger partial charge in [0.05, 0.1) is 17.4 Å². The number of anilines is 1. The van der Waals surface area contributed by atoms with Crippen molar-refractivity contribution in [1.29, 1.82) is 0 Å². The molecule has 3 heterocycles. The Hall–Kier alpha value is -5.44. The molecule has 0 radical (unpaired) electrons. The van der Waals surface area contributed by atoms with E-state index in [-0.39, 0.29) is 24.4 Å². The van der Waals surface area contributed by atoms with Crippen LogP contribution < -0.4 is 4.90 Å². The molecule has 1 saturated heterocycles. The maximum Gasteiger partial charge on any atom is 0.264 e. The average molecular weight is 623 g/mol. The van der Waals surface area contributed by atoms with Crippen molar-refractivity contribution >= 4 is 46.0 Å². The first-order valence-electron chi connectivity index (χ1n) is 16.1. The summed E-state index contributed by atoms with van der Waals surface area (Å²) >= 11 is 0. The summed E-state index contributed by atoms with van der Waals surface area (Å²) in [6, 6.07) is 27.6. The van der Waals surface area contributed by atoms with E-state index in [1.807, 2.05) is 43.3 Å². The third kappa shape index (κ3) is 4.93. The number of fused-ring (bicyclic) bond motifs is 3. The first kappa shape index (κ1) is 29.0. The Kier molecular flexibility index (Phi) is 7.04. The average Bonchev–Trinajstić information content (AvgIpc) is 3.75. The second-order valence-corrected chi connectivity index (χ2v) is 12.9. The molecule has 47 heavy (non-hydrogen) atoms. The predicted molar refractivity (Wildman–Crippen MR) is 180 cm³/mol. The first-order valence-corrected chi connectivity index (χ1v) is 16.1. The van der Waals surface area contributed by atoms with Gasteiger partial charge < -0.3 is 0 Å². The molecule has 4 aliphatic rings. The molecule has 0 bridgehead atoms. The number of imide groups is 1. The summed E-state index contributed by atoms with van der Waals surface area (Å²) in [4.78, 5) is 42.9. The SMILES string of the molecule is Cc1ccc(/C=C2\CCC[C@@H]3C2=NN(C(=O)CN2N=N[C@@H]4C(=O)N(c5cccc6ccccc56)C(=O)[C@@H]42)[C@@H]3c2ccc(C)cc2)cc1. The maximum atomic E-state index is 14.2. The largest absolute Gasteiger partial charge is 0.271 e. The summed E-state index contributed by atoms with van der Waals surface area (Å²) in [6.07, 6.45) is 4.98. The predicted octanol–water partition coefficient (Wildman–Crippen LogP) is 6.57. The van der Waals surface area contributed by atoms with E-state index in [4.69, 9.17) is 5.10 Å². The molecule has 0 spiro atoms. The minimum atomic E-state index is -1.00. The van der Waals surface area contributed by atoms with Gasteiger partial charge in [0.1, 0.15) is 6.54 Å². The number of benzene rings is 4. The molecule has 1 saturated carbocycles. The van der Waals surface area contributed by atoms with Crippen LogP contribution in [0, 0.1) is 19.8 Å². The van der Waals surface area contributed by atoms with Gasteiger partial charge in [-0.1, -0.05) is 101 Å². The topological polar surface area (TPSA) is 98.0 Å². The van der Waals surface area contributed by atoms with Crippen molar-refractivity contribution in [2.45, 2.75) is 51.2 Å². The van der Waals surface area contributed by atoms with E-state index >= 15 is 0 Å². The van der Waals surface area contributed by atoms with Crippen LogP contribution in [-0.2, 0) is 14.4 Å². The van der Waals surface area contributed by atoms with Gasteiger partial charge in [-0.3, -0.25) is 19.4 Å². The molecule has 4 atom stereocenters. The number of hydrazone groups is 1. The van der Waals surface area contributed by atoms with Crippen molar-refractivity contribution in [1.82, 2.24) is 10.0 Å². The fourth-order valence-electron chi connectivity index (χ4n) is 7.37. The Balaban J connectivity index is 1.10. The molecule has 1 aliphatic carbocycles. The van der Waals surface area contributed by atoms with Gasteiger partial charge in [-0.15, -0.1) is 0 Å². The summed E-state index contributed by atoms with van der Waals surface area (Å²) in [5, 5.41) is 18.1. The van der Waals surface area contributed by atoms with Crippen LogP contribution in [0.4, 0.5) is 5.69 Å². The summed E-state index contributed by atoms with van der Waals surface area (Å²) in [5.74, 6) is -1.13. The number of rotatable bonds is 5. The van der Waals surface area contributed by atoms with Crippen LogP contribution in [-0.4, -0.2) is 52.1 Å². The number of nitrogens with zero attached hydrogens (tertiary/aromatic N) is 6. The van der Waals surface area contributed by atoms with Crippen molar-refractivity contribution in [3.8, 4) is 0 Å². The number of allylic oxidation sites excluding steroid dienone is 1. The smallest absolute Gasteiger partial charge is 0.264 e. The van der Waals surface area contributed by atoms with Gasteiger partial charge >= 0.3 is 0 Å². The summed E-state index contributed by atoms with van der Waals surface area (Å²) < 4.78 is 0. The number of carbonyl (C=O) groups excluding carboxylic acids is 3. The van der Waals surface area contributed by atoms with Crippen LogP contribution in [0.2, 0.25) is 0 Å². The van der Waals surface area contributed by atoms with Crippen molar-refractivity contribution in [3.63, 3.8) is 0 Å². The second-order valence-electron chi connectivity index (χ2n) is 12.9. The van der Waals surface area contributed by atoms with Gasteiger partial charge in [0.2, 0.25) is 0 Å². The Bertz CT molecular complexity index is 2010. The molecular formula is C38H34N6O3. The number of hydrogen-bond acceptors (Lipinski definition) is 7. The molecule has 234 valence electrons. The van der Waals surface area contributed by atoms with Gasteiger partial charge in [-0.2, -0.15) is 10.2 Å². The van der Waals surface area contributed by atoms with Crippen molar-refractivity contribution < 1.29 is 14.4 Å². The maximum absolute atomic E-state index is 14.2. The van der Waals surface area contributed by atoms with E-state index < -0.39 is 23.9 Å². The van der Waals surface area contributed by atoms with Crippen LogP contribution in [0.5, 0.6) is 0 Å². The minimum Gasteiger partial charge on any atom is -0.271 e. The van der Waals surface area contributed by atoms with Crippen molar-refractivity contribution in [2.75, 3.05) is 11.4 Å². The van der Waals surface area contributed by atoms with E-state index in [0.717, 1.165) is 58.0 Å². The molecule has 0 N–H and O–H groups in total. The molecule has 0 unspecified atom stereocenters. The van der Waals surface area contributed by atoms with E-state index in [9.17, 15) is 14.4 Å². The molecule has 0 aromatic heterocycles. The standard InChI is InChI=1S/C38H34N6O3/c1-23-13-17-25(18-14-23)21-28-9-5-11-30-33(28)40-44(35(30)27-19-15-24(2)16-20-27)32(45)22-42-36-34(39-41-42)37(46)43(38(36)47)31-12-6-8-26-7-3-4-10-29(26)31/h3-4,6-8,10,12-21,30,34-36H,5,9,11,22H2,1-2H3/b28-21+/t30-,34+,35-,36-/m1/s1. The van der Waals surface area contributed by atoms with Crippen LogP contribution in [0.25, 0.3) is 16.8 Å². The summed E-state index contributed by atoms with van der Waals surface area (Å²) in [7, 11) is 0. The second kappa shape index (κ2) is 11.4. The Labute approximate surface area is 272 Å². The monoisotopic (exact) mass is 622 g/mol. The van der Waals surface area contributed by atoms with Gasteiger partial charge in [-0.25, -0.2) is 9.91 Å². The number of carbonyl (C=O) groups is 3. The third-order valence-electron chi connectivity index (χ3n) is 9.76. The van der Waals surface area contributed by atoms with Crippen LogP contribution in [0.1, 0.15) is 47.6 Å². The number of hydrogen-bond donors (Lipinski definition) is 0. The van der Waals surface area contributed by atoms with Gasteiger partial charge in [0.15, 0.2) is 12.1 Å². The lowest BCUT2D eigenvalue weighted by molar-refractivity contribution is -0.136. The van der Waals surface area contributed by atoms with E-state index in [1.54, 1.807) is 11.1 Å². The molecule has 9 nitrogen and oxygen atoms in total. The highest BCUT2D eigenvalue weighted by atomic mass is 16.2. The molecule has 8 rings (SSSR count). The number of aryl methyl sites for hydroxylation is 2. The highest BCUT2D eigenvalue weighted by Crippen LogP contribution is 2.45. The van der Waals surface area contributed by atoms with E-state index in [1.165, 1.54) is 15.5 Å². The minimum absolute atomic E-state index is 0.0385. The fourth-order valence-corrected chi connectivity index (χ4v) is 7.37. The molecular weight excluding hydrogens is 588 g/mol. The molecule has 2 fully saturated rings. The highest BCUT2D eigenvalue weighted by molar-refractivity contribution is 6.27. The van der Waals surface area contributed by atoms with Crippen molar-refractivity contribution in [2.24, 2.45) is 21.4 Å². The Morgan fingerprint density at radius 3 is 2.36 bits per heavy atom. The quantitative estimate of drug-likeness (QED) is 0.235. The lowest BCUT2D eigenvalue weighted by Gasteiger charge is -2.30. The van der Waals surface area contributed by atoms with Crippen molar-refractivity contribution in [3.05, 3.63) is 119 Å². The summed E-state index contributed by atoms with van der Waals surface area (Å²) in [5.41, 5.74) is 7.04. The molecule has 3 aliphatic heterocycles. The summed E-state index contributed by atoms with van der Waals surface area (Å²) in [6.45, 7) is 3.89. The lowest BCUT2D eigenvalue weighted by atomic mass is 9.77. The molecule has 9 heteroatoms. The van der Waals surface area contributed by atoms with E-state index in [0.29, 0.717) is 5.69 Å². The van der Waals surface area contributed by atoms with Gasteiger partial charge in [0.25, 0.3) is 17.7 Å². The van der Waals surface area contributed by atoms with Crippen LogP contribution >= 0.6 is 0 Å². The fraction of sp³-hybridized carbons (Fsp3) is 0.263. The molecule has 4 aromatic carbocycles. The van der Waals surface area contributed by atoms with E-state index in [2.05, 4.69) is 71.9 Å².